The number of amides is 2. The summed E-state index contributed by atoms with van der Waals surface area (Å²) >= 11 is 0. The number of anilines is 1. The Morgan fingerprint density at radius 3 is 2.56 bits per heavy atom. The summed E-state index contributed by atoms with van der Waals surface area (Å²) in [6.07, 6.45) is 2.79. The highest BCUT2D eigenvalue weighted by molar-refractivity contribution is 5.91. The fraction of sp³-hybridized carbons (Fsp3) is 0.577. The predicted octanol–water partition coefficient (Wildman–Crippen LogP) is 3.30. The predicted molar refractivity (Wildman–Crippen MR) is 137 cm³/mol. The number of para-hydroxylation sites is 1. The molecule has 0 spiro atoms. The van der Waals surface area contributed by atoms with Crippen molar-refractivity contribution in [3.8, 4) is 6.07 Å². The number of urea groups is 1. The topological polar surface area (TPSA) is 143 Å². The van der Waals surface area contributed by atoms with Gasteiger partial charge in [0.05, 0.1) is 11.6 Å². The molecule has 1 aromatic heterocycles. The van der Waals surface area contributed by atoms with Crippen molar-refractivity contribution in [2.45, 2.75) is 70.9 Å². The molecular weight excluding hydrogens is 460 g/mol. The number of benzene rings is 1. The van der Waals surface area contributed by atoms with Crippen LogP contribution in [0.25, 0.3) is 10.9 Å². The molecule has 1 unspecified atom stereocenters. The van der Waals surface area contributed by atoms with E-state index in [1.165, 1.54) is 9.47 Å². The third-order valence-corrected chi connectivity index (χ3v) is 6.65. The first-order chi connectivity index (χ1) is 16.9. The first-order valence-corrected chi connectivity index (χ1v) is 12.3. The standard InChI is InChI=1S/C26H36N6O4/c1-25(2,3)17-19(29-21-18-9-5-6-10-20(18)31(4)24(35)30-21)22(33)36-26(11-7-8-14-27)12-15-32(16-13-26)23(28)34/h5-6,9-10,19H,7-8,11-13,15-17H2,1-4H3,(H2,28,34)(H,29,30,35). The van der Waals surface area contributed by atoms with Crippen molar-refractivity contribution in [3.63, 3.8) is 0 Å². The van der Waals surface area contributed by atoms with Crippen molar-refractivity contribution >= 4 is 28.7 Å². The zero-order valence-corrected chi connectivity index (χ0v) is 21.5. The fourth-order valence-corrected chi connectivity index (χ4v) is 4.69. The average Bonchev–Trinajstić information content (AvgIpc) is 2.81. The zero-order valence-electron chi connectivity index (χ0n) is 21.5. The summed E-state index contributed by atoms with van der Waals surface area (Å²) in [5.74, 6) is -0.108. The van der Waals surface area contributed by atoms with Crippen molar-refractivity contribution in [1.82, 2.24) is 14.5 Å². The van der Waals surface area contributed by atoms with Gasteiger partial charge in [0.1, 0.15) is 17.5 Å². The number of piperidine rings is 1. The van der Waals surface area contributed by atoms with Crippen LogP contribution in [0.3, 0.4) is 0 Å². The Balaban J connectivity index is 1.90. The van der Waals surface area contributed by atoms with E-state index >= 15 is 0 Å². The lowest BCUT2D eigenvalue weighted by molar-refractivity contribution is -0.167. The second-order valence-corrected chi connectivity index (χ2v) is 10.7. The summed E-state index contributed by atoms with van der Waals surface area (Å²) in [6, 6.07) is 8.27. The van der Waals surface area contributed by atoms with Gasteiger partial charge in [0.25, 0.3) is 0 Å². The van der Waals surface area contributed by atoms with Crippen LogP contribution in [-0.4, -0.2) is 51.2 Å². The number of nitrogens with zero attached hydrogens (tertiary/aromatic N) is 4. The molecule has 3 rings (SSSR count). The third kappa shape index (κ3) is 6.53. The smallest absolute Gasteiger partial charge is 0.349 e. The maximum Gasteiger partial charge on any atom is 0.349 e. The molecular formula is C26H36N6O4. The second kappa shape index (κ2) is 11.0. The molecule has 1 atom stereocenters. The van der Waals surface area contributed by atoms with Crippen molar-refractivity contribution < 1.29 is 14.3 Å². The first kappa shape index (κ1) is 27.0. The Labute approximate surface area is 211 Å². The first-order valence-electron chi connectivity index (χ1n) is 12.3. The van der Waals surface area contributed by atoms with Gasteiger partial charge in [-0.25, -0.2) is 14.4 Å². The number of unbranched alkanes of at least 4 members (excludes halogenated alkanes) is 1. The lowest BCUT2D eigenvalue weighted by Crippen LogP contribution is -2.52. The number of nitrogens with two attached hydrogens (primary N) is 1. The number of fused-ring (bicyclic) bond motifs is 1. The molecule has 1 fully saturated rings. The van der Waals surface area contributed by atoms with E-state index in [0.29, 0.717) is 62.9 Å². The third-order valence-electron chi connectivity index (χ3n) is 6.65. The lowest BCUT2D eigenvalue weighted by Gasteiger charge is -2.41. The molecule has 1 aliphatic heterocycles. The number of aromatic nitrogens is 2. The Kier molecular flexibility index (Phi) is 8.23. The Morgan fingerprint density at radius 2 is 1.94 bits per heavy atom. The number of carbonyl (C=O) groups excluding carboxylic acids is 2. The normalized spacial score (nSPS) is 16.2. The summed E-state index contributed by atoms with van der Waals surface area (Å²) in [5.41, 5.74) is 4.70. The van der Waals surface area contributed by atoms with E-state index in [4.69, 9.17) is 15.7 Å². The van der Waals surface area contributed by atoms with Gasteiger partial charge in [-0.1, -0.05) is 32.9 Å². The number of carbonyl (C=O) groups is 2. The molecule has 1 aliphatic rings. The van der Waals surface area contributed by atoms with Crippen molar-refractivity contribution in [1.29, 1.82) is 5.26 Å². The number of nitriles is 1. The second-order valence-electron chi connectivity index (χ2n) is 10.7. The SMILES string of the molecule is Cn1c(=O)nc(NC(CC(C)(C)C)C(=O)OC2(CCCC#N)CCN(C(N)=O)CC2)c2ccccc21. The van der Waals surface area contributed by atoms with Gasteiger partial charge in [-0.2, -0.15) is 10.2 Å². The lowest BCUT2D eigenvalue weighted by atomic mass is 9.85. The van der Waals surface area contributed by atoms with Crippen LogP contribution in [0, 0.1) is 16.7 Å². The highest BCUT2D eigenvalue weighted by Gasteiger charge is 2.41. The average molecular weight is 497 g/mol. The van der Waals surface area contributed by atoms with Crippen LogP contribution in [0.5, 0.6) is 0 Å². The Hall–Kier alpha value is -3.61. The van der Waals surface area contributed by atoms with E-state index in [2.05, 4.69) is 16.4 Å². The molecule has 194 valence electrons. The number of hydrogen-bond donors (Lipinski definition) is 2. The van der Waals surface area contributed by atoms with Gasteiger partial charge in [-0.3, -0.25) is 4.57 Å². The van der Waals surface area contributed by atoms with Gasteiger partial charge >= 0.3 is 17.7 Å². The van der Waals surface area contributed by atoms with Crippen LogP contribution in [0.4, 0.5) is 10.6 Å². The molecule has 10 heteroatoms. The van der Waals surface area contributed by atoms with Gasteiger partial charge in [0, 0.05) is 44.8 Å². The van der Waals surface area contributed by atoms with E-state index in [0.717, 1.165) is 5.39 Å². The molecule has 2 heterocycles. The van der Waals surface area contributed by atoms with E-state index < -0.39 is 29.3 Å². The van der Waals surface area contributed by atoms with Crippen LogP contribution in [0.2, 0.25) is 0 Å². The quantitative estimate of drug-likeness (QED) is 0.421. The van der Waals surface area contributed by atoms with E-state index in [9.17, 15) is 14.4 Å². The van der Waals surface area contributed by atoms with Crippen LogP contribution < -0.4 is 16.7 Å². The summed E-state index contributed by atoms with van der Waals surface area (Å²) in [6.45, 7) is 6.84. The number of esters is 1. The van der Waals surface area contributed by atoms with Gasteiger partial charge in [0.2, 0.25) is 0 Å². The fourth-order valence-electron chi connectivity index (χ4n) is 4.69. The minimum Gasteiger partial charge on any atom is -0.457 e. The van der Waals surface area contributed by atoms with E-state index in [1.54, 1.807) is 7.05 Å². The number of rotatable bonds is 8. The summed E-state index contributed by atoms with van der Waals surface area (Å²) in [7, 11) is 1.66. The van der Waals surface area contributed by atoms with Crippen molar-refractivity contribution in [2.75, 3.05) is 18.4 Å². The molecule has 10 nitrogen and oxygen atoms in total. The molecule has 0 bridgehead atoms. The zero-order chi connectivity index (χ0) is 26.5. The largest absolute Gasteiger partial charge is 0.457 e. The molecule has 1 aromatic carbocycles. The summed E-state index contributed by atoms with van der Waals surface area (Å²) < 4.78 is 7.67. The number of nitrogens with one attached hydrogen (secondary N) is 1. The van der Waals surface area contributed by atoms with Gasteiger partial charge < -0.3 is 20.7 Å². The highest BCUT2D eigenvalue weighted by atomic mass is 16.6. The van der Waals surface area contributed by atoms with Gasteiger partial charge in [-0.05, 0) is 36.8 Å². The Bertz CT molecular complexity index is 1200. The van der Waals surface area contributed by atoms with Crippen LogP contribution in [0.1, 0.15) is 59.3 Å². The highest BCUT2D eigenvalue weighted by Crippen LogP contribution is 2.34. The maximum atomic E-state index is 13.7. The van der Waals surface area contributed by atoms with Gasteiger partial charge in [-0.15, -0.1) is 0 Å². The van der Waals surface area contributed by atoms with Crippen LogP contribution in [-0.2, 0) is 16.6 Å². The minimum atomic E-state index is -0.792. The molecule has 0 saturated carbocycles. The summed E-state index contributed by atoms with van der Waals surface area (Å²) in [5, 5.41) is 13.0. The van der Waals surface area contributed by atoms with E-state index in [1.807, 2.05) is 45.0 Å². The van der Waals surface area contributed by atoms with Gasteiger partial charge in [0.15, 0.2) is 0 Å². The number of aryl methyl sites for hydroxylation is 1. The monoisotopic (exact) mass is 496 g/mol. The van der Waals surface area contributed by atoms with Crippen molar-refractivity contribution in [3.05, 3.63) is 34.7 Å². The van der Waals surface area contributed by atoms with Crippen LogP contribution in [0.15, 0.2) is 29.1 Å². The summed E-state index contributed by atoms with van der Waals surface area (Å²) in [4.78, 5) is 43.6. The molecule has 2 amide bonds. The molecule has 36 heavy (non-hydrogen) atoms. The Morgan fingerprint density at radius 1 is 1.28 bits per heavy atom. The number of hydrogen-bond acceptors (Lipinski definition) is 7. The van der Waals surface area contributed by atoms with Crippen molar-refractivity contribution in [2.24, 2.45) is 18.2 Å². The molecule has 1 saturated heterocycles. The van der Waals surface area contributed by atoms with Crippen LogP contribution >= 0.6 is 0 Å². The number of ether oxygens (including phenoxy) is 1. The number of likely N-dealkylation sites (tertiary alicyclic amines) is 1. The molecule has 0 radical (unpaired) electrons. The molecule has 0 aliphatic carbocycles. The molecule has 2 aromatic rings. The van der Waals surface area contributed by atoms with E-state index in [-0.39, 0.29) is 5.41 Å². The number of primary amides is 1. The molecule has 3 N–H and O–H groups in total. The maximum absolute atomic E-state index is 13.7. The minimum absolute atomic E-state index is 0.227.